The first kappa shape index (κ1) is 14.8. The van der Waals surface area contributed by atoms with E-state index in [2.05, 4.69) is 10.5 Å². The molecule has 0 saturated heterocycles. The predicted molar refractivity (Wildman–Crippen MR) is 82.0 cm³/mol. The quantitative estimate of drug-likeness (QED) is 0.887. The maximum atomic E-state index is 11.9. The lowest BCUT2D eigenvalue weighted by molar-refractivity contribution is -0.120. The maximum Gasteiger partial charge on any atom is 0.226 e. The molecule has 0 aliphatic heterocycles. The van der Waals surface area contributed by atoms with Crippen LogP contribution >= 0.6 is 0 Å². The molecule has 2 unspecified atom stereocenters. The van der Waals surface area contributed by atoms with E-state index in [1.54, 1.807) is 6.07 Å². The highest BCUT2D eigenvalue weighted by Gasteiger charge is 2.25. The number of carbonyl (C=O) groups is 1. The molecule has 1 aliphatic carbocycles. The van der Waals surface area contributed by atoms with Crippen LogP contribution in [0.25, 0.3) is 11.3 Å². The smallest absolute Gasteiger partial charge is 0.226 e. The lowest BCUT2D eigenvalue weighted by Gasteiger charge is -2.14. The van der Waals surface area contributed by atoms with Crippen LogP contribution in [0.3, 0.4) is 0 Å². The van der Waals surface area contributed by atoms with Crippen molar-refractivity contribution in [3.63, 3.8) is 0 Å². The van der Waals surface area contributed by atoms with E-state index >= 15 is 0 Å². The van der Waals surface area contributed by atoms with E-state index in [4.69, 9.17) is 4.52 Å². The Morgan fingerprint density at radius 3 is 2.86 bits per heavy atom. The second-order valence-corrected chi connectivity index (χ2v) is 5.79. The Bertz CT molecular complexity index is 624. The summed E-state index contributed by atoms with van der Waals surface area (Å²) >= 11 is 0. The molecule has 1 aromatic heterocycles. The van der Waals surface area contributed by atoms with Gasteiger partial charge < -0.3 is 14.9 Å². The van der Waals surface area contributed by atoms with Crippen LogP contribution < -0.4 is 5.32 Å². The minimum absolute atomic E-state index is 0.0907. The number of carbonyl (C=O) groups excluding carboxylic acids is 1. The number of nitrogens with zero attached hydrogens (tertiary/aromatic N) is 1. The number of aliphatic hydroxyl groups excluding tert-OH is 1. The van der Waals surface area contributed by atoms with Crippen LogP contribution in [0.4, 0.5) is 0 Å². The van der Waals surface area contributed by atoms with E-state index in [0.29, 0.717) is 18.0 Å². The van der Waals surface area contributed by atoms with Gasteiger partial charge >= 0.3 is 0 Å². The molecule has 0 radical (unpaired) electrons. The molecule has 1 amide bonds. The molecule has 1 fully saturated rings. The average molecular weight is 300 g/mol. The van der Waals surface area contributed by atoms with Crippen molar-refractivity contribution in [2.75, 3.05) is 6.54 Å². The molecule has 1 saturated carbocycles. The first-order valence-corrected chi connectivity index (χ1v) is 7.68. The van der Waals surface area contributed by atoms with Gasteiger partial charge in [-0.15, -0.1) is 0 Å². The Balaban J connectivity index is 1.53. The average Bonchev–Trinajstić information content (AvgIpc) is 3.15. The third-order valence-electron chi connectivity index (χ3n) is 4.14. The summed E-state index contributed by atoms with van der Waals surface area (Å²) in [5, 5.41) is 16.6. The van der Waals surface area contributed by atoms with Crippen LogP contribution in [0.15, 0.2) is 40.9 Å². The van der Waals surface area contributed by atoms with Gasteiger partial charge in [-0.2, -0.15) is 0 Å². The zero-order valence-corrected chi connectivity index (χ0v) is 12.4. The van der Waals surface area contributed by atoms with Crippen LogP contribution in [0.5, 0.6) is 0 Å². The second-order valence-electron chi connectivity index (χ2n) is 5.79. The molecule has 0 bridgehead atoms. The number of hydrogen-bond donors (Lipinski definition) is 2. The molecule has 0 spiro atoms. The van der Waals surface area contributed by atoms with Gasteiger partial charge in [0.25, 0.3) is 0 Å². The van der Waals surface area contributed by atoms with Gasteiger partial charge in [0.1, 0.15) is 0 Å². The van der Waals surface area contributed by atoms with Crippen molar-refractivity contribution in [2.45, 2.75) is 31.8 Å². The minimum atomic E-state index is -0.281. The molecule has 2 N–H and O–H groups in total. The summed E-state index contributed by atoms with van der Waals surface area (Å²) in [6.45, 7) is 0.531. The predicted octanol–water partition coefficient (Wildman–Crippen LogP) is 2.16. The van der Waals surface area contributed by atoms with Gasteiger partial charge in [0.2, 0.25) is 5.91 Å². The zero-order chi connectivity index (χ0) is 15.4. The van der Waals surface area contributed by atoms with E-state index in [0.717, 1.165) is 24.8 Å². The minimum Gasteiger partial charge on any atom is -0.393 e. The molecule has 2 atom stereocenters. The lowest BCUT2D eigenvalue weighted by atomic mass is 10.1. The van der Waals surface area contributed by atoms with Crippen molar-refractivity contribution in [3.8, 4) is 11.3 Å². The number of nitrogens with one attached hydrogen (secondary N) is 1. The highest BCUT2D eigenvalue weighted by atomic mass is 16.5. The molecule has 1 aromatic carbocycles. The van der Waals surface area contributed by atoms with Gasteiger partial charge in [0, 0.05) is 24.1 Å². The summed E-state index contributed by atoms with van der Waals surface area (Å²) in [7, 11) is 0. The number of hydrogen-bond acceptors (Lipinski definition) is 4. The number of aromatic nitrogens is 1. The molecular weight excluding hydrogens is 280 g/mol. The Morgan fingerprint density at radius 1 is 1.32 bits per heavy atom. The van der Waals surface area contributed by atoms with Crippen molar-refractivity contribution in [2.24, 2.45) is 5.92 Å². The fourth-order valence-corrected chi connectivity index (χ4v) is 2.86. The number of benzene rings is 1. The summed E-state index contributed by atoms with van der Waals surface area (Å²) in [6, 6.07) is 11.5. The highest BCUT2D eigenvalue weighted by Crippen LogP contribution is 2.24. The third-order valence-corrected chi connectivity index (χ3v) is 4.14. The monoisotopic (exact) mass is 300 g/mol. The standard InChI is InChI=1S/C17H20N2O3/c20-15-8-4-7-13(15)11-18-17(21)10-14-9-16(22-19-14)12-5-2-1-3-6-12/h1-3,5-6,9,13,15,20H,4,7-8,10-11H2,(H,18,21). The highest BCUT2D eigenvalue weighted by molar-refractivity contribution is 5.78. The molecule has 1 aliphatic rings. The molecule has 116 valence electrons. The van der Waals surface area contributed by atoms with Crippen molar-refractivity contribution < 1.29 is 14.4 Å². The van der Waals surface area contributed by atoms with E-state index in [9.17, 15) is 9.90 Å². The van der Waals surface area contributed by atoms with Crippen molar-refractivity contribution in [3.05, 3.63) is 42.1 Å². The van der Waals surface area contributed by atoms with Gasteiger partial charge in [-0.05, 0) is 12.8 Å². The largest absolute Gasteiger partial charge is 0.393 e. The van der Waals surface area contributed by atoms with Crippen molar-refractivity contribution in [1.82, 2.24) is 10.5 Å². The summed E-state index contributed by atoms with van der Waals surface area (Å²) in [4.78, 5) is 11.9. The SMILES string of the molecule is O=C(Cc1cc(-c2ccccc2)on1)NCC1CCCC1O. The Kier molecular flexibility index (Phi) is 4.53. The van der Waals surface area contributed by atoms with E-state index in [1.165, 1.54) is 0 Å². The zero-order valence-electron chi connectivity index (χ0n) is 12.4. The van der Waals surface area contributed by atoms with Crippen molar-refractivity contribution >= 4 is 5.91 Å². The lowest BCUT2D eigenvalue weighted by Crippen LogP contribution is -2.33. The van der Waals surface area contributed by atoms with Gasteiger partial charge in [-0.3, -0.25) is 4.79 Å². The van der Waals surface area contributed by atoms with Crippen LogP contribution in [-0.2, 0) is 11.2 Å². The van der Waals surface area contributed by atoms with Crippen LogP contribution in [0.2, 0.25) is 0 Å². The van der Waals surface area contributed by atoms with E-state index in [-0.39, 0.29) is 24.3 Å². The van der Waals surface area contributed by atoms with Crippen LogP contribution in [0, 0.1) is 5.92 Å². The number of rotatable bonds is 5. The van der Waals surface area contributed by atoms with E-state index in [1.807, 2.05) is 30.3 Å². The first-order chi connectivity index (χ1) is 10.7. The second kappa shape index (κ2) is 6.75. The van der Waals surface area contributed by atoms with Crippen LogP contribution in [0.1, 0.15) is 25.0 Å². The van der Waals surface area contributed by atoms with Gasteiger partial charge in [0.05, 0.1) is 18.2 Å². The first-order valence-electron chi connectivity index (χ1n) is 7.68. The fourth-order valence-electron chi connectivity index (χ4n) is 2.86. The third kappa shape index (κ3) is 3.54. The van der Waals surface area contributed by atoms with Gasteiger partial charge in [-0.25, -0.2) is 0 Å². The van der Waals surface area contributed by atoms with Gasteiger partial charge in [0.15, 0.2) is 5.76 Å². The molecule has 22 heavy (non-hydrogen) atoms. The Labute approximate surface area is 129 Å². The molecular formula is C17H20N2O3. The summed E-state index contributed by atoms with van der Waals surface area (Å²) in [5.74, 6) is 0.753. The molecule has 1 heterocycles. The molecule has 3 rings (SSSR count). The van der Waals surface area contributed by atoms with Crippen LogP contribution in [-0.4, -0.2) is 28.8 Å². The number of amides is 1. The van der Waals surface area contributed by atoms with E-state index < -0.39 is 0 Å². The normalized spacial score (nSPS) is 21.0. The van der Waals surface area contributed by atoms with Gasteiger partial charge in [-0.1, -0.05) is 41.9 Å². The Hall–Kier alpha value is -2.14. The molecule has 5 nitrogen and oxygen atoms in total. The molecule has 5 heteroatoms. The molecule has 2 aromatic rings. The Morgan fingerprint density at radius 2 is 2.14 bits per heavy atom. The number of aliphatic hydroxyl groups is 1. The topological polar surface area (TPSA) is 75.4 Å². The maximum absolute atomic E-state index is 11.9. The summed E-state index contributed by atoms with van der Waals surface area (Å²) in [5.41, 5.74) is 1.55. The summed E-state index contributed by atoms with van der Waals surface area (Å²) in [6.07, 6.45) is 2.76. The van der Waals surface area contributed by atoms with Crippen molar-refractivity contribution in [1.29, 1.82) is 0 Å². The fraction of sp³-hybridized carbons (Fsp3) is 0.412. The summed E-state index contributed by atoms with van der Waals surface area (Å²) < 4.78 is 5.28.